The highest BCUT2D eigenvalue weighted by molar-refractivity contribution is 7.13. The van der Waals surface area contributed by atoms with Crippen LogP contribution in [0.4, 0.5) is 17.5 Å². The van der Waals surface area contributed by atoms with Crippen molar-refractivity contribution < 1.29 is 24.6 Å². The highest BCUT2D eigenvalue weighted by atomic mass is 32.1. The highest BCUT2D eigenvalue weighted by Crippen LogP contribution is 2.55. The molecule has 3 amide bonds. The number of thiazole rings is 1. The number of amides is 3. The number of aromatic hydroxyl groups is 1. The SMILES string of the molecule is Cc1ncsc1-c1ccc([C@H](C)NC(=O)[C@@H]2C[C@@H](O)CN2C(=O)[C@@H](NC(=O)[C@H]2CCC3(CC2)C[C@H](N2CCC(c4cnc(N5C6CCC5CN(c5cc(-c7ccccc7O)nnc5N)C6)nc4)CC2)C3)C(C)(C)C)cc1. The van der Waals surface area contributed by atoms with Crippen molar-refractivity contribution in [1.82, 2.24) is 45.6 Å². The van der Waals surface area contributed by atoms with E-state index in [9.17, 15) is 24.6 Å². The summed E-state index contributed by atoms with van der Waals surface area (Å²) in [4.78, 5) is 66.7. The maximum Gasteiger partial charge on any atom is 0.246 e. The lowest BCUT2D eigenvalue weighted by Crippen LogP contribution is -2.59. The Hall–Kier alpha value is -6.24. The number of likely N-dealkylation sites (tertiary alicyclic amines) is 2. The molecule has 6 N–H and O–H groups in total. The van der Waals surface area contributed by atoms with Gasteiger partial charge in [0.05, 0.1) is 39.6 Å². The summed E-state index contributed by atoms with van der Waals surface area (Å²) < 4.78 is 0. The van der Waals surface area contributed by atoms with E-state index in [4.69, 9.17) is 15.7 Å². The number of nitrogens with one attached hydrogen (secondary N) is 2. The number of rotatable bonds is 12. The lowest BCUT2D eigenvalue weighted by atomic mass is 9.56. The fourth-order valence-electron chi connectivity index (χ4n) is 13.5. The van der Waals surface area contributed by atoms with Gasteiger partial charge in [-0.05, 0) is 143 Å². The van der Waals surface area contributed by atoms with Crippen LogP contribution < -0.4 is 26.2 Å². The smallest absolute Gasteiger partial charge is 0.246 e. The third-order valence-electron chi connectivity index (χ3n) is 18.0. The van der Waals surface area contributed by atoms with E-state index in [-0.39, 0.29) is 65.9 Å². The number of carbonyl (C=O) groups excluding carboxylic acids is 3. The largest absolute Gasteiger partial charge is 0.507 e. The number of nitrogens with two attached hydrogens (primary N) is 1. The predicted molar refractivity (Wildman–Crippen MR) is 294 cm³/mol. The second-order valence-corrected chi connectivity index (χ2v) is 24.9. The predicted octanol–water partition coefficient (Wildman–Crippen LogP) is 7.40. The second kappa shape index (κ2) is 20.9. The van der Waals surface area contributed by atoms with Crippen molar-refractivity contribution in [3.05, 3.63) is 89.3 Å². The zero-order chi connectivity index (χ0) is 53.0. The number of β-amino-alcohol motifs (C(OH)–C–C–N with tert-alkyl or cyclic N) is 1. The van der Waals surface area contributed by atoms with Crippen LogP contribution in [0.2, 0.25) is 0 Å². The number of phenols is 1. The Bertz CT molecular complexity index is 2890. The van der Waals surface area contributed by atoms with E-state index in [1.807, 2.05) is 82.6 Å². The average molecular weight is 1050 g/mol. The molecule has 1 spiro atoms. The zero-order valence-electron chi connectivity index (χ0n) is 44.6. The highest BCUT2D eigenvalue weighted by Gasteiger charge is 2.51. The lowest BCUT2D eigenvalue weighted by Gasteiger charge is -2.55. The van der Waals surface area contributed by atoms with E-state index in [0.29, 0.717) is 29.0 Å². The Morgan fingerprint density at radius 2 is 1.53 bits per heavy atom. The van der Waals surface area contributed by atoms with Crippen molar-refractivity contribution in [2.75, 3.05) is 48.3 Å². The molecule has 11 rings (SSSR count). The molecule has 7 heterocycles. The monoisotopic (exact) mass is 1050 g/mol. The number of phenolic OH excluding ortho intramolecular Hbond substituents is 1. The molecule has 2 aliphatic carbocycles. The van der Waals surface area contributed by atoms with Crippen molar-refractivity contribution in [2.24, 2.45) is 16.7 Å². The third kappa shape index (κ3) is 10.4. The number of carbonyl (C=O) groups is 3. The maximum atomic E-state index is 14.4. The number of hydrogen-bond donors (Lipinski definition) is 5. The molecule has 17 nitrogen and oxygen atoms in total. The molecular formula is C58H74N12O5S. The van der Waals surface area contributed by atoms with Crippen molar-refractivity contribution in [1.29, 1.82) is 0 Å². The first-order valence-electron chi connectivity index (χ1n) is 27.6. The minimum atomic E-state index is -0.848. The van der Waals surface area contributed by atoms with Gasteiger partial charge in [0.25, 0.3) is 0 Å². The molecule has 6 fully saturated rings. The summed E-state index contributed by atoms with van der Waals surface area (Å²) in [6.45, 7) is 13.4. The molecule has 4 aliphatic heterocycles. The number of benzene rings is 2. The number of nitrogen functional groups attached to an aromatic ring is 1. The molecule has 6 atom stereocenters. The summed E-state index contributed by atoms with van der Waals surface area (Å²) >= 11 is 1.59. The number of para-hydroxylation sites is 1. The first-order valence-corrected chi connectivity index (χ1v) is 28.5. The summed E-state index contributed by atoms with van der Waals surface area (Å²) in [5, 5.41) is 36.1. The maximum absolute atomic E-state index is 14.4. The Morgan fingerprint density at radius 1 is 0.842 bits per heavy atom. The van der Waals surface area contributed by atoms with Gasteiger partial charge >= 0.3 is 0 Å². The molecule has 2 bridgehead atoms. The summed E-state index contributed by atoms with van der Waals surface area (Å²) in [6, 6.07) is 16.2. The minimum absolute atomic E-state index is 0.0406. The summed E-state index contributed by atoms with van der Waals surface area (Å²) in [7, 11) is 0. The van der Waals surface area contributed by atoms with Crippen LogP contribution in [0.15, 0.2) is 72.5 Å². The van der Waals surface area contributed by atoms with Crippen molar-refractivity contribution in [3.63, 3.8) is 0 Å². The molecule has 2 aromatic carbocycles. The molecule has 76 heavy (non-hydrogen) atoms. The fourth-order valence-corrected chi connectivity index (χ4v) is 14.4. The normalized spacial score (nSPS) is 26.8. The lowest BCUT2D eigenvalue weighted by molar-refractivity contribution is -0.145. The minimum Gasteiger partial charge on any atom is -0.507 e. The van der Waals surface area contributed by atoms with Gasteiger partial charge < -0.3 is 46.2 Å². The van der Waals surface area contributed by atoms with E-state index < -0.39 is 23.6 Å². The van der Waals surface area contributed by atoms with Crippen LogP contribution in [0.5, 0.6) is 5.75 Å². The van der Waals surface area contributed by atoms with Crippen LogP contribution in [-0.4, -0.2) is 132 Å². The molecule has 18 heteroatoms. The number of fused-ring (bicyclic) bond motifs is 2. The Balaban J connectivity index is 0.632. The number of aryl methyl sites for hydroxylation is 1. The van der Waals surface area contributed by atoms with Crippen LogP contribution in [-0.2, 0) is 14.4 Å². The molecular weight excluding hydrogens is 977 g/mol. The van der Waals surface area contributed by atoms with Gasteiger partial charge in [0.15, 0.2) is 5.82 Å². The quantitative estimate of drug-likeness (QED) is 0.0823. The van der Waals surface area contributed by atoms with E-state index in [1.54, 1.807) is 23.5 Å². The van der Waals surface area contributed by atoms with Crippen LogP contribution in [0.25, 0.3) is 21.7 Å². The van der Waals surface area contributed by atoms with E-state index in [2.05, 4.69) is 52.9 Å². The van der Waals surface area contributed by atoms with Crippen LogP contribution >= 0.6 is 11.3 Å². The molecule has 6 aliphatic rings. The molecule has 2 saturated carbocycles. The second-order valence-electron chi connectivity index (χ2n) is 24.0. The van der Waals surface area contributed by atoms with Gasteiger partial charge in [-0.15, -0.1) is 21.5 Å². The van der Waals surface area contributed by atoms with Crippen LogP contribution in [0.3, 0.4) is 0 Å². The number of aromatic nitrogens is 5. The fraction of sp³-hybridized carbons (Fsp3) is 0.552. The summed E-state index contributed by atoms with van der Waals surface area (Å²) in [5.74, 6) is 0.862. The Labute approximate surface area is 450 Å². The molecule has 3 aromatic heterocycles. The van der Waals surface area contributed by atoms with Gasteiger partial charge in [-0.1, -0.05) is 57.2 Å². The van der Waals surface area contributed by atoms with Gasteiger partial charge in [-0.2, -0.15) is 0 Å². The van der Waals surface area contributed by atoms with E-state index >= 15 is 0 Å². The van der Waals surface area contributed by atoms with E-state index in [0.717, 1.165) is 111 Å². The van der Waals surface area contributed by atoms with Crippen molar-refractivity contribution in [2.45, 2.75) is 154 Å². The van der Waals surface area contributed by atoms with Crippen LogP contribution in [0.1, 0.15) is 127 Å². The van der Waals surface area contributed by atoms with E-state index in [1.165, 1.54) is 23.3 Å². The Kier molecular flexibility index (Phi) is 14.3. The average Bonchev–Trinajstić information content (AvgIpc) is 4.14. The number of nitrogens with zero attached hydrogens (tertiary/aromatic N) is 9. The topological polar surface area (TPSA) is 219 Å². The molecule has 4 saturated heterocycles. The Morgan fingerprint density at radius 3 is 2.17 bits per heavy atom. The van der Waals surface area contributed by atoms with Crippen molar-refractivity contribution >= 4 is 46.5 Å². The summed E-state index contributed by atoms with van der Waals surface area (Å²) in [5.41, 5.74) is 14.1. The third-order valence-corrected chi connectivity index (χ3v) is 19.0. The number of aliphatic hydroxyl groups excluding tert-OH is 1. The first kappa shape index (κ1) is 51.8. The number of anilines is 3. The molecule has 2 unspecified atom stereocenters. The van der Waals surface area contributed by atoms with Gasteiger partial charge in [0.1, 0.15) is 17.8 Å². The van der Waals surface area contributed by atoms with Gasteiger partial charge in [-0.25, -0.2) is 15.0 Å². The van der Waals surface area contributed by atoms with Crippen LogP contribution in [0, 0.1) is 23.7 Å². The van der Waals surface area contributed by atoms with Gasteiger partial charge in [-0.3, -0.25) is 14.4 Å². The summed E-state index contributed by atoms with van der Waals surface area (Å²) in [6.07, 6.45) is 13.7. The molecule has 402 valence electrons. The van der Waals surface area contributed by atoms with Gasteiger partial charge in [0.2, 0.25) is 23.7 Å². The number of piperazine rings is 1. The molecule has 0 radical (unpaired) electrons. The first-order chi connectivity index (χ1) is 36.5. The molecule has 5 aromatic rings. The van der Waals surface area contributed by atoms with Crippen molar-refractivity contribution in [3.8, 4) is 27.4 Å². The number of piperidine rings is 1. The zero-order valence-corrected chi connectivity index (χ0v) is 45.4. The standard InChI is InChI=1S/C58H74N12O5S/c1-34(36-10-12-38(13-11-36)50-35(2)62-33-76-50)63-54(74)48-24-44(71)32-69(48)55(75)51(57(3,4)5)64-53(73)39-16-20-58(21-17-39)26-43(27-58)67-22-18-37(19-23-67)40-28-60-56(61-29-40)70-41-14-15-42(70)31-68(30-41)47-25-46(65-66-52(47)59)45-8-6-7-9-49(45)72/h6-13,25,28-29,33-34,37,39,41-44,48,51,71-72H,14-24,26-27,30-32H2,1-5H3,(H2,59,66)(H,63,74)(H,64,73)/t34-,39-,41?,42?,43-,44+,48-,51+,58?/m0/s1. The van der Waals surface area contributed by atoms with Gasteiger partial charge in [0, 0.05) is 68.1 Å². The number of hydrogen-bond acceptors (Lipinski definition) is 15. The number of aliphatic hydroxyl groups is 1.